The molecule has 0 saturated heterocycles. The van der Waals surface area contributed by atoms with Crippen LogP contribution < -0.4 is 5.32 Å². The van der Waals surface area contributed by atoms with Crippen molar-refractivity contribution in [2.24, 2.45) is 0 Å². The lowest BCUT2D eigenvalue weighted by atomic mass is 10.1. The second-order valence-corrected chi connectivity index (χ2v) is 8.17. The van der Waals surface area contributed by atoms with E-state index in [0.717, 1.165) is 43.7 Å². The molecule has 0 fully saturated rings. The van der Waals surface area contributed by atoms with Gasteiger partial charge in [0.15, 0.2) is 0 Å². The summed E-state index contributed by atoms with van der Waals surface area (Å²) in [7, 11) is 0. The third-order valence-corrected chi connectivity index (χ3v) is 5.76. The van der Waals surface area contributed by atoms with E-state index in [9.17, 15) is 4.79 Å². The number of carbonyl (C=O) groups excluding carboxylic acids is 1. The van der Waals surface area contributed by atoms with Crippen LogP contribution in [0.2, 0.25) is 0 Å². The monoisotopic (exact) mass is 467 g/mol. The number of fused-ring (bicyclic) bond motifs is 1. The minimum Gasteiger partial charge on any atom is -0.462 e. The van der Waals surface area contributed by atoms with Gasteiger partial charge in [0.25, 0.3) is 0 Å². The zero-order chi connectivity index (χ0) is 20.2. The predicted molar refractivity (Wildman–Crippen MR) is 121 cm³/mol. The van der Waals surface area contributed by atoms with Gasteiger partial charge in [-0.25, -0.2) is 14.8 Å². The van der Waals surface area contributed by atoms with Gasteiger partial charge in [0.05, 0.1) is 17.6 Å². The summed E-state index contributed by atoms with van der Waals surface area (Å²) in [5.41, 5.74) is 3.56. The Labute approximate surface area is 180 Å². The number of ether oxygens (including phenoxy) is 1. The molecule has 146 valence electrons. The minimum atomic E-state index is -0.307. The van der Waals surface area contributed by atoms with Crippen LogP contribution in [0.4, 0.5) is 11.5 Å². The van der Waals surface area contributed by atoms with Gasteiger partial charge in [-0.1, -0.05) is 35.0 Å². The number of aromatic nitrogens is 2. The number of nitrogens with one attached hydrogen (secondary N) is 1. The molecule has 0 aliphatic rings. The minimum absolute atomic E-state index is 0.307. The summed E-state index contributed by atoms with van der Waals surface area (Å²) < 4.78 is 6.21. The van der Waals surface area contributed by atoms with Crippen LogP contribution in [0.15, 0.2) is 64.7 Å². The summed E-state index contributed by atoms with van der Waals surface area (Å²) >= 11 is 5.07. The van der Waals surface area contributed by atoms with E-state index >= 15 is 0 Å². The molecule has 0 unspecified atom stereocenters. The van der Waals surface area contributed by atoms with Crippen LogP contribution in [-0.4, -0.2) is 22.5 Å². The highest BCUT2D eigenvalue weighted by molar-refractivity contribution is 9.10. The van der Waals surface area contributed by atoms with Crippen molar-refractivity contribution in [3.05, 3.63) is 70.3 Å². The van der Waals surface area contributed by atoms with E-state index in [1.165, 1.54) is 0 Å². The SMILES string of the molecule is CCCOC(=O)c1ccc(Nc2ncnc3scc(-c4ccc(Br)cc4)c23)cc1. The molecule has 2 aromatic carbocycles. The predicted octanol–water partition coefficient (Wildman–Crippen LogP) is 6.43. The fourth-order valence-corrected chi connectivity index (χ4v) is 4.10. The van der Waals surface area contributed by atoms with Gasteiger partial charge < -0.3 is 10.1 Å². The molecule has 0 radical (unpaired) electrons. The van der Waals surface area contributed by atoms with Gasteiger partial charge in [-0.05, 0) is 48.4 Å². The molecule has 7 heteroatoms. The van der Waals surface area contributed by atoms with E-state index in [1.807, 2.05) is 31.2 Å². The highest BCUT2D eigenvalue weighted by Crippen LogP contribution is 2.37. The summed E-state index contributed by atoms with van der Waals surface area (Å²) in [6.45, 7) is 2.39. The van der Waals surface area contributed by atoms with Crippen molar-refractivity contribution < 1.29 is 9.53 Å². The molecule has 5 nitrogen and oxygen atoms in total. The number of thiophene rings is 1. The number of nitrogens with zero attached hydrogens (tertiary/aromatic N) is 2. The first-order valence-corrected chi connectivity index (χ1v) is 10.9. The highest BCUT2D eigenvalue weighted by Gasteiger charge is 2.14. The molecular formula is C22H18BrN3O2S. The van der Waals surface area contributed by atoms with E-state index in [2.05, 4.69) is 48.7 Å². The number of benzene rings is 2. The first-order chi connectivity index (χ1) is 14.2. The smallest absolute Gasteiger partial charge is 0.338 e. The quantitative estimate of drug-likeness (QED) is 0.331. The van der Waals surface area contributed by atoms with Crippen LogP contribution in [0.1, 0.15) is 23.7 Å². The zero-order valence-electron chi connectivity index (χ0n) is 15.7. The summed E-state index contributed by atoms with van der Waals surface area (Å²) in [5, 5.41) is 6.43. The maximum absolute atomic E-state index is 12.0. The van der Waals surface area contributed by atoms with E-state index in [4.69, 9.17) is 4.74 Å². The Balaban J connectivity index is 1.64. The number of hydrogen-bond acceptors (Lipinski definition) is 6. The topological polar surface area (TPSA) is 64.1 Å². The number of halogens is 1. The summed E-state index contributed by atoms with van der Waals surface area (Å²) in [6, 6.07) is 15.4. The molecule has 1 N–H and O–H groups in total. The highest BCUT2D eigenvalue weighted by atomic mass is 79.9. The maximum atomic E-state index is 12.0. The van der Waals surface area contributed by atoms with Crippen LogP contribution >= 0.6 is 27.3 Å². The van der Waals surface area contributed by atoms with Crippen molar-refractivity contribution in [1.29, 1.82) is 0 Å². The lowest BCUT2D eigenvalue weighted by molar-refractivity contribution is 0.0505. The molecule has 2 heterocycles. The van der Waals surface area contributed by atoms with Gasteiger partial charge in [-0.2, -0.15) is 0 Å². The summed E-state index contributed by atoms with van der Waals surface area (Å²) in [5.74, 6) is 0.425. The zero-order valence-corrected chi connectivity index (χ0v) is 18.1. The Hall–Kier alpha value is -2.77. The molecule has 0 saturated carbocycles. The third-order valence-electron chi connectivity index (χ3n) is 4.35. The molecule has 0 atom stereocenters. The lowest BCUT2D eigenvalue weighted by Gasteiger charge is -2.09. The van der Waals surface area contributed by atoms with Crippen molar-refractivity contribution in [1.82, 2.24) is 9.97 Å². The van der Waals surface area contributed by atoms with Crippen molar-refractivity contribution in [2.45, 2.75) is 13.3 Å². The van der Waals surface area contributed by atoms with E-state index in [1.54, 1.807) is 29.8 Å². The fraction of sp³-hybridized carbons (Fsp3) is 0.136. The van der Waals surface area contributed by atoms with Crippen LogP contribution in [0.5, 0.6) is 0 Å². The standard InChI is InChI=1S/C22H18BrN3O2S/c1-2-11-28-22(27)15-5-9-17(10-6-15)26-20-19-18(12-29-21(19)25-13-24-20)14-3-7-16(23)8-4-14/h3-10,12-13H,2,11H2,1H3,(H,24,25,26). The van der Waals surface area contributed by atoms with E-state index in [-0.39, 0.29) is 5.97 Å². The molecule has 0 bridgehead atoms. The van der Waals surface area contributed by atoms with E-state index < -0.39 is 0 Å². The second-order valence-electron chi connectivity index (χ2n) is 6.40. The van der Waals surface area contributed by atoms with Crippen molar-refractivity contribution in [2.75, 3.05) is 11.9 Å². The van der Waals surface area contributed by atoms with Crippen molar-refractivity contribution >= 4 is 55.0 Å². The third kappa shape index (κ3) is 4.31. The summed E-state index contributed by atoms with van der Waals surface area (Å²) in [4.78, 5) is 21.8. The molecule has 0 aliphatic heterocycles. The number of hydrogen-bond donors (Lipinski definition) is 1. The van der Waals surface area contributed by atoms with Gasteiger partial charge >= 0.3 is 5.97 Å². The van der Waals surface area contributed by atoms with Crippen molar-refractivity contribution in [3.63, 3.8) is 0 Å². The van der Waals surface area contributed by atoms with Gasteiger partial charge in [0, 0.05) is 21.1 Å². The molecule has 4 aromatic rings. The Morgan fingerprint density at radius 3 is 2.59 bits per heavy atom. The van der Waals surface area contributed by atoms with Crippen molar-refractivity contribution in [3.8, 4) is 11.1 Å². The Kier molecular flexibility index (Phi) is 5.87. The van der Waals surface area contributed by atoms with Gasteiger partial charge in [0.2, 0.25) is 0 Å². The normalized spacial score (nSPS) is 10.8. The summed E-state index contributed by atoms with van der Waals surface area (Å²) in [6.07, 6.45) is 2.36. The Morgan fingerprint density at radius 1 is 1.10 bits per heavy atom. The molecule has 4 rings (SSSR count). The average molecular weight is 468 g/mol. The van der Waals surface area contributed by atoms with Crippen LogP contribution in [0.3, 0.4) is 0 Å². The molecule has 0 aliphatic carbocycles. The Bertz CT molecular complexity index is 1140. The molecule has 0 amide bonds. The molecule has 0 spiro atoms. The molecule has 29 heavy (non-hydrogen) atoms. The molecular weight excluding hydrogens is 450 g/mol. The Morgan fingerprint density at radius 2 is 1.86 bits per heavy atom. The largest absolute Gasteiger partial charge is 0.462 e. The van der Waals surface area contributed by atoms with Gasteiger partial charge in [-0.15, -0.1) is 11.3 Å². The lowest BCUT2D eigenvalue weighted by Crippen LogP contribution is -2.05. The van der Waals surface area contributed by atoms with Crippen LogP contribution in [-0.2, 0) is 4.74 Å². The second kappa shape index (κ2) is 8.71. The first-order valence-electron chi connectivity index (χ1n) is 9.18. The van der Waals surface area contributed by atoms with Gasteiger partial charge in [-0.3, -0.25) is 0 Å². The average Bonchev–Trinajstić information content (AvgIpc) is 3.18. The number of esters is 1. The number of carbonyl (C=O) groups is 1. The van der Waals surface area contributed by atoms with Crippen LogP contribution in [0.25, 0.3) is 21.3 Å². The number of anilines is 2. The molecule has 2 aromatic heterocycles. The maximum Gasteiger partial charge on any atom is 0.338 e. The van der Waals surface area contributed by atoms with Gasteiger partial charge in [0.1, 0.15) is 17.0 Å². The number of rotatable bonds is 6. The first kappa shape index (κ1) is 19.5. The fourth-order valence-electron chi connectivity index (χ4n) is 2.92. The van der Waals surface area contributed by atoms with Crippen LogP contribution in [0, 0.1) is 0 Å². The van der Waals surface area contributed by atoms with E-state index in [0.29, 0.717) is 12.2 Å².